The van der Waals surface area contributed by atoms with Crippen molar-refractivity contribution in [1.29, 1.82) is 5.26 Å². The van der Waals surface area contributed by atoms with E-state index in [9.17, 15) is 14.4 Å². The van der Waals surface area contributed by atoms with E-state index in [0.29, 0.717) is 24.6 Å². The molecular formula is C23H29FN4O. The maximum absolute atomic E-state index is 13.8. The molecule has 1 unspecified atom stereocenters. The highest BCUT2D eigenvalue weighted by molar-refractivity contribution is 5.43. The van der Waals surface area contributed by atoms with Gasteiger partial charge in [0.25, 0.3) is 5.56 Å². The summed E-state index contributed by atoms with van der Waals surface area (Å²) in [6.45, 7) is 6.91. The van der Waals surface area contributed by atoms with E-state index in [1.54, 1.807) is 12.1 Å². The molecule has 5 nitrogen and oxygen atoms in total. The fourth-order valence-corrected chi connectivity index (χ4v) is 4.03. The number of benzene rings is 1. The van der Waals surface area contributed by atoms with Gasteiger partial charge >= 0.3 is 0 Å². The van der Waals surface area contributed by atoms with Gasteiger partial charge in [0.05, 0.1) is 0 Å². The van der Waals surface area contributed by atoms with Crippen molar-refractivity contribution in [3.05, 3.63) is 68.4 Å². The Labute approximate surface area is 171 Å². The summed E-state index contributed by atoms with van der Waals surface area (Å²) < 4.78 is 15.3. The molecule has 2 N–H and O–H groups in total. The number of aromatic nitrogens is 1. The Morgan fingerprint density at radius 3 is 2.69 bits per heavy atom. The molecule has 1 aromatic heterocycles. The first kappa shape index (κ1) is 21.1. The molecule has 1 fully saturated rings. The first-order valence-electron chi connectivity index (χ1n) is 10.4. The summed E-state index contributed by atoms with van der Waals surface area (Å²) in [5.41, 5.74) is 6.38. The van der Waals surface area contributed by atoms with E-state index in [2.05, 4.69) is 16.8 Å². The predicted octanol–water partition coefficient (Wildman–Crippen LogP) is 4.06. The zero-order valence-electron chi connectivity index (χ0n) is 17.4. The van der Waals surface area contributed by atoms with Crippen LogP contribution >= 0.6 is 0 Å². The van der Waals surface area contributed by atoms with Crippen LogP contribution in [0.4, 0.5) is 4.39 Å². The summed E-state index contributed by atoms with van der Waals surface area (Å²) in [6, 6.07) is 8.89. The van der Waals surface area contributed by atoms with E-state index in [1.807, 2.05) is 26.8 Å². The molecule has 1 aliphatic carbocycles. The second kappa shape index (κ2) is 9.23. The number of hydrogen-bond acceptors (Lipinski definition) is 4. The number of hydrogen-bond donors (Lipinski definition) is 2. The van der Waals surface area contributed by atoms with Crippen LogP contribution in [-0.4, -0.2) is 11.2 Å². The van der Waals surface area contributed by atoms with Crippen LogP contribution in [0.1, 0.15) is 66.6 Å². The summed E-state index contributed by atoms with van der Waals surface area (Å²) in [5.74, 6) is 0.238. The minimum Gasteiger partial charge on any atom is -0.323 e. The van der Waals surface area contributed by atoms with Crippen molar-refractivity contribution in [2.45, 2.75) is 59.0 Å². The third-order valence-corrected chi connectivity index (χ3v) is 5.98. The number of rotatable bonds is 8. The van der Waals surface area contributed by atoms with Crippen molar-refractivity contribution in [3.8, 4) is 6.07 Å². The SMILES string of the molecule is CCCNn1c(C)c(CNC(c2cccc(F)c2)C2CCC2)c(C)c(C#N)c1=O. The van der Waals surface area contributed by atoms with Gasteiger partial charge in [0.15, 0.2) is 0 Å². The van der Waals surface area contributed by atoms with Gasteiger partial charge in [-0.3, -0.25) is 4.79 Å². The molecule has 6 heteroatoms. The molecule has 0 bridgehead atoms. The topological polar surface area (TPSA) is 69.8 Å². The normalized spacial score (nSPS) is 14.9. The standard InChI is InChI=1S/C23H29FN4O/c1-4-11-27-28-16(3)21(15(2)20(13-25)23(28)29)14-26-22(17-7-5-8-17)18-9-6-10-19(24)12-18/h6,9-10,12,17,22,26-27H,4-5,7-8,11,14H2,1-3H3. The molecule has 1 aromatic carbocycles. The first-order valence-corrected chi connectivity index (χ1v) is 10.4. The Morgan fingerprint density at radius 1 is 1.34 bits per heavy atom. The summed E-state index contributed by atoms with van der Waals surface area (Å²) >= 11 is 0. The van der Waals surface area contributed by atoms with Crippen LogP contribution < -0.4 is 16.3 Å². The minimum absolute atomic E-state index is 0.0489. The van der Waals surface area contributed by atoms with Crippen molar-refractivity contribution < 1.29 is 4.39 Å². The number of nitrogens with zero attached hydrogens (tertiary/aromatic N) is 2. The summed E-state index contributed by atoms with van der Waals surface area (Å²) in [4.78, 5) is 12.7. The minimum atomic E-state index is -0.305. The molecular weight excluding hydrogens is 367 g/mol. The van der Waals surface area contributed by atoms with E-state index in [0.717, 1.165) is 36.1 Å². The number of nitriles is 1. The van der Waals surface area contributed by atoms with Crippen molar-refractivity contribution >= 4 is 0 Å². The van der Waals surface area contributed by atoms with Gasteiger partial charge in [0.2, 0.25) is 0 Å². The fourth-order valence-electron chi connectivity index (χ4n) is 4.03. The third-order valence-electron chi connectivity index (χ3n) is 5.98. The highest BCUT2D eigenvalue weighted by atomic mass is 19.1. The molecule has 1 aliphatic rings. The highest BCUT2D eigenvalue weighted by Gasteiger charge is 2.29. The molecule has 0 aliphatic heterocycles. The van der Waals surface area contributed by atoms with Crippen molar-refractivity contribution in [1.82, 2.24) is 9.99 Å². The van der Waals surface area contributed by atoms with Crippen molar-refractivity contribution in [2.75, 3.05) is 12.0 Å². The molecule has 1 saturated carbocycles. The smallest absolute Gasteiger partial charge is 0.287 e. The molecule has 3 rings (SSSR count). The average Bonchev–Trinajstić information content (AvgIpc) is 2.65. The number of halogens is 1. The van der Waals surface area contributed by atoms with Crippen LogP contribution in [0.25, 0.3) is 0 Å². The quantitative estimate of drug-likeness (QED) is 0.706. The monoisotopic (exact) mass is 396 g/mol. The van der Waals surface area contributed by atoms with Crippen molar-refractivity contribution in [3.63, 3.8) is 0 Å². The Bertz CT molecular complexity index is 972. The Balaban J connectivity index is 1.93. The van der Waals surface area contributed by atoms with Crippen LogP contribution in [0.2, 0.25) is 0 Å². The lowest BCUT2D eigenvalue weighted by Crippen LogP contribution is -2.37. The lowest BCUT2D eigenvalue weighted by Gasteiger charge is -2.35. The molecule has 154 valence electrons. The molecule has 0 radical (unpaired) electrons. The zero-order valence-corrected chi connectivity index (χ0v) is 17.4. The van der Waals surface area contributed by atoms with Crippen LogP contribution in [0.15, 0.2) is 29.1 Å². The first-order chi connectivity index (χ1) is 14.0. The van der Waals surface area contributed by atoms with Crippen LogP contribution in [-0.2, 0) is 6.54 Å². The molecule has 1 atom stereocenters. The van der Waals surface area contributed by atoms with Gasteiger partial charge in [-0.1, -0.05) is 25.5 Å². The third kappa shape index (κ3) is 4.35. The van der Waals surface area contributed by atoms with E-state index in [-0.39, 0.29) is 23.0 Å². The summed E-state index contributed by atoms with van der Waals surface area (Å²) in [7, 11) is 0. The Morgan fingerprint density at radius 2 is 2.10 bits per heavy atom. The van der Waals surface area contributed by atoms with Gasteiger partial charge in [-0.2, -0.15) is 5.26 Å². The second-order valence-corrected chi connectivity index (χ2v) is 7.83. The maximum Gasteiger partial charge on any atom is 0.287 e. The number of nitrogens with one attached hydrogen (secondary N) is 2. The Hall–Kier alpha value is -2.65. The molecule has 0 saturated heterocycles. The largest absolute Gasteiger partial charge is 0.323 e. The molecule has 29 heavy (non-hydrogen) atoms. The maximum atomic E-state index is 13.8. The molecule has 0 spiro atoms. The highest BCUT2D eigenvalue weighted by Crippen LogP contribution is 2.38. The van der Waals surface area contributed by atoms with Gasteiger partial charge < -0.3 is 10.7 Å². The van der Waals surface area contributed by atoms with E-state index >= 15 is 0 Å². The molecule has 2 aromatic rings. The average molecular weight is 397 g/mol. The van der Waals surface area contributed by atoms with Gasteiger partial charge in [-0.15, -0.1) is 0 Å². The van der Waals surface area contributed by atoms with Gasteiger partial charge in [-0.25, -0.2) is 9.07 Å². The van der Waals surface area contributed by atoms with Crippen LogP contribution in [0.3, 0.4) is 0 Å². The lowest BCUT2D eigenvalue weighted by atomic mass is 9.77. The zero-order chi connectivity index (χ0) is 21.0. The number of pyridine rings is 1. The summed E-state index contributed by atoms with van der Waals surface area (Å²) in [6.07, 6.45) is 4.31. The van der Waals surface area contributed by atoms with Gasteiger partial charge in [0, 0.05) is 24.8 Å². The summed E-state index contributed by atoms with van der Waals surface area (Å²) in [5, 5.41) is 13.1. The lowest BCUT2D eigenvalue weighted by molar-refractivity contribution is 0.229. The van der Waals surface area contributed by atoms with Crippen molar-refractivity contribution in [2.24, 2.45) is 5.92 Å². The van der Waals surface area contributed by atoms with Crippen LogP contribution in [0.5, 0.6) is 0 Å². The van der Waals surface area contributed by atoms with Gasteiger partial charge in [0.1, 0.15) is 17.4 Å². The van der Waals surface area contributed by atoms with Crippen LogP contribution in [0, 0.1) is 36.9 Å². The Kier molecular flexibility index (Phi) is 6.71. The molecule has 1 heterocycles. The second-order valence-electron chi connectivity index (χ2n) is 7.83. The van der Waals surface area contributed by atoms with E-state index in [1.165, 1.54) is 17.2 Å². The van der Waals surface area contributed by atoms with E-state index < -0.39 is 0 Å². The molecule has 0 amide bonds. The van der Waals surface area contributed by atoms with E-state index in [4.69, 9.17) is 0 Å². The fraction of sp³-hybridized carbons (Fsp3) is 0.478. The predicted molar refractivity (Wildman–Crippen MR) is 113 cm³/mol. The van der Waals surface area contributed by atoms with Gasteiger partial charge in [-0.05, 0) is 67.9 Å².